The summed E-state index contributed by atoms with van der Waals surface area (Å²) >= 11 is 0. The third kappa shape index (κ3) is 9.75. The molecule has 0 atom stereocenters. The van der Waals surface area contributed by atoms with Gasteiger partial charge in [-0.1, -0.05) is 170 Å². The summed E-state index contributed by atoms with van der Waals surface area (Å²) in [5, 5.41) is 2.60. The smallest absolute Gasteiger partial charge is 0.309 e. The van der Waals surface area contributed by atoms with E-state index in [1.54, 1.807) is 33.9 Å². The van der Waals surface area contributed by atoms with Gasteiger partial charge in [0.05, 0.1) is 56.2 Å². The van der Waals surface area contributed by atoms with E-state index in [4.69, 9.17) is 19.9 Å². The zero-order valence-electron chi connectivity index (χ0n) is 48.9. The van der Waals surface area contributed by atoms with E-state index in [1.807, 2.05) is 243 Å². The predicted octanol–water partition coefficient (Wildman–Crippen LogP) is 21.8. The molecule has 0 fully saturated rings. The fraction of sp³-hybridized carbons (Fsp3) is 0.0123. The molecular weight excluding hydrogens is 1150 g/mol. The normalized spacial score (nSPS) is 11.8. The summed E-state index contributed by atoms with van der Waals surface area (Å²) in [6.07, 6.45) is 1.91. The Morgan fingerprint density at radius 3 is 0.793 bits per heavy atom. The van der Waals surface area contributed by atoms with Crippen molar-refractivity contribution in [2.24, 2.45) is 0 Å². The van der Waals surface area contributed by atoms with E-state index in [-0.39, 0.29) is 22.5 Å². The first-order chi connectivity index (χ1) is 45.1. The maximum atomic E-state index is 17.5. The average molecular weight is 1200 g/mol. The molecule has 11 heteroatoms. The fourth-order valence-electron chi connectivity index (χ4n) is 13.2. The Morgan fingerprint density at radius 1 is 0.250 bits per heavy atom. The molecule has 6 heterocycles. The van der Waals surface area contributed by atoms with Crippen molar-refractivity contribution in [3.8, 4) is 112 Å². The standard InChI is InChI=1S/C81H49F5N6/c82-60-41-58(42-61(83)49-60)59-47-74(91-70-33-29-54(62-25-13-37-87-77(62)50-17-5-1-6-18-50)43-66(70)67-44-55(30-34-71(67)91)63-26-14-38-88-78(63)51-19-7-2-8-20-51)76(81(84,85)86)75(48-59)92-72-35-31-56(64-27-15-39-89-79(64)52-21-9-3-10-22-52)45-68(72)69-46-57(32-36-73(69)92)65-28-16-40-90-80(65)53-23-11-4-12-24-53/h1-49H. The van der Waals surface area contributed by atoms with Crippen LogP contribution in [0.5, 0.6) is 0 Å². The molecule has 92 heavy (non-hydrogen) atoms. The molecule has 0 unspecified atom stereocenters. The number of hydrogen-bond acceptors (Lipinski definition) is 4. The van der Waals surface area contributed by atoms with Gasteiger partial charge in [-0.05, 0) is 130 Å². The number of fused-ring (bicyclic) bond motifs is 6. The molecule has 0 saturated heterocycles. The van der Waals surface area contributed by atoms with Gasteiger partial charge in [-0.3, -0.25) is 19.9 Å². The number of alkyl halides is 3. The molecule has 0 bridgehead atoms. The molecule has 0 radical (unpaired) electrons. The van der Waals surface area contributed by atoms with E-state index in [0.717, 1.165) is 108 Å². The molecule has 0 N–H and O–H groups in total. The summed E-state index contributed by atoms with van der Waals surface area (Å²) in [5.74, 6) is -1.77. The lowest BCUT2D eigenvalue weighted by molar-refractivity contribution is -0.137. The molecule has 0 spiro atoms. The molecule has 10 aromatic carbocycles. The molecule has 0 saturated carbocycles. The Kier molecular flexibility index (Phi) is 13.6. The van der Waals surface area contributed by atoms with Crippen LogP contribution in [0.15, 0.2) is 298 Å². The highest BCUT2D eigenvalue weighted by atomic mass is 19.4. The minimum atomic E-state index is -5.07. The van der Waals surface area contributed by atoms with Crippen molar-refractivity contribution in [3.05, 3.63) is 315 Å². The largest absolute Gasteiger partial charge is 0.420 e. The van der Waals surface area contributed by atoms with Crippen LogP contribution in [-0.4, -0.2) is 29.1 Å². The van der Waals surface area contributed by atoms with Gasteiger partial charge < -0.3 is 9.13 Å². The van der Waals surface area contributed by atoms with E-state index >= 15 is 22.0 Å². The number of hydrogen-bond donors (Lipinski definition) is 0. The van der Waals surface area contributed by atoms with E-state index < -0.39 is 23.4 Å². The Hall–Kier alpha value is -12.0. The average Bonchev–Trinajstić information content (AvgIpc) is 1.54. The second-order valence-corrected chi connectivity index (χ2v) is 22.7. The van der Waals surface area contributed by atoms with Crippen molar-refractivity contribution in [1.82, 2.24) is 29.1 Å². The van der Waals surface area contributed by atoms with Crippen LogP contribution in [0, 0.1) is 11.6 Å². The summed E-state index contributed by atoms with van der Waals surface area (Å²) in [6.45, 7) is 0. The van der Waals surface area contributed by atoms with Gasteiger partial charge in [-0.2, -0.15) is 13.2 Å². The zero-order chi connectivity index (χ0) is 62.0. The number of rotatable bonds is 11. The first-order valence-electron chi connectivity index (χ1n) is 30.0. The topological polar surface area (TPSA) is 61.4 Å². The molecule has 6 aromatic heterocycles. The lowest BCUT2D eigenvalue weighted by Gasteiger charge is -2.23. The quantitative estimate of drug-likeness (QED) is 0.121. The van der Waals surface area contributed by atoms with Crippen LogP contribution >= 0.6 is 0 Å². The van der Waals surface area contributed by atoms with Crippen LogP contribution in [0.3, 0.4) is 0 Å². The molecule has 0 aliphatic heterocycles. The summed E-state index contributed by atoms with van der Waals surface area (Å²) in [5.41, 5.74) is 13.4. The molecule has 0 aliphatic carbocycles. The number of aromatic nitrogens is 6. The monoisotopic (exact) mass is 1200 g/mol. The highest BCUT2D eigenvalue weighted by molar-refractivity contribution is 6.14. The first-order valence-corrected chi connectivity index (χ1v) is 30.0. The minimum Gasteiger partial charge on any atom is -0.309 e. The number of halogens is 5. The molecule has 438 valence electrons. The summed E-state index contributed by atoms with van der Waals surface area (Å²) < 4.78 is 87.5. The van der Waals surface area contributed by atoms with E-state index in [0.29, 0.717) is 43.6 Å². The lowest BCUT2D eigenvalue weighted by Crippen LogP contribution is -2.16. The second kappa shape index (κ2) is 22.6. The van der Waals surface area contributed by atoms with Crippen molar-refractivity contribution < 1.29 is 22.0 Å². The molecule has 16 aromatic rings. The van der Waals surface area contributed by atoms with E-state index in [9.17, 15) is 0 Å². The van der Waals surface area contributed by atoms with Gasteiger partial charge in [-0.15, -0.1) is 0 Å². The minimum absolute atomic E-state index is 0.0412. The third-order valence-electron chi connectivity index (χ3n) is 17.3. The fourth-order valence-corrected chi connectivity index (χ4v) is 13.2. The third-order valence-corrected chi connectivity index (χ3v) is 17.3. The van der Waals surface area contributed by atoms with Gasteiger partial charge in [0.25, 0.3) is 0 Å². The Balaban J connectivity index is 1.01. The molecule has 0 amide bonds. The summed E-state index contributed by atoms with van der Waals surface area (Å²) in [7, 11) is 0. The van der Waals surface area contributed by atoms with Gasteiger partial charge in [0.1, 0.15) is 17.2 Å². The molecule has 16 rings (SSSR count). The molecular formula is C81H49F5N6. The van der Waals surface area contributed by atoms with Gasteiger partial charge >= 0.3 is 6.18 Å². The van der Waals surface area contributed by atoms with Crippen LogP contribution in [0.2, 0.25) is 0 Å². The number of pyridine rings is 4. The zero-order valence-corrected chi connectivity index (χ0v) is 48.9. The Labute approximate surface area is 525 Å². The summed E-state index contributed by atoms with van der Waals surface area (Å²) in [4.78, 5) is 19.4. The predicted molar refractivity (Wildman–Crippen MR) is 360 cm³/mol. The van der Waals surface area contributed by atoms with Crippen molar-refractivity contribution >= 4 is 43.6 Å². The van der Waals surface area contributed by atoms with Gasteiger partial charge in [0.15, 0.2) is 0 Å². The molecule has 6 nitrogen and oxygen atoms in total. The van der Waals surface area contributed by atoms with Crippen molar-refractivity contribution in [1.29, 1.82) is 0 Å². The van der Waals surface area contributed by atoms with Gasteiger partial charge in [0.2, 0.25) is 0 Å². The number of nitrogens with zero attached hydrogens (tertiary/aromatic N) is 6. The van der Waals surface area contributed by atoms with Crippen molar-refractivity contribution in [3.63, 3.8) is 0 Å². The first kappa shape index (κ1) is 55.4. The molecule has 0 aliphatic rings. The van der Waals surface area contributed by atoms with Gasteiger partial charge in [0, 0.05) is 96.9 Å². The van der Waals surface area contributed by atoms with Crippen LogP contribution in [0.4, 0.5) is 22.0 Å². The highest BCUT2D eigenvalue weighted by Crippen LogP contribution is 2.49. The van der Waals surface area contributed by atoms with E-state index in [1.165, 1.54) is 12.1 Å². The number of benzene rings is 10. The van der Waals surface area contributed by atoms with Crippen LogP contribution in [-0.2, 0) is 6.18 Å². The maximum absolute atomic E-state index is 17.5. The van der Waals surface area contributed by atoms with Crippen LogP contribution in [0.1, 0.15) is 5.56 Å². The van der Waals surface area contributed by atoms with Crippen LogP contribution < -0.4 is 0 Å². The van der Waals surface area contributed by atoms with Crippen molar-refractivity contribution in [2.45, 2.75) is 6.18 Å². The Bertz CT molecular complexity index is 4920. The summed E-state index contributed by atoms with van der Waals surface area (Å²) in [6, 6.07) is 83.8. The Morgan fingerprint density at radius 2 is 0.522 bits per heavy atom. The highest BCUT2D eigenvalue weighted by Gasteiger charge is 2.40. The SMILES string of the molecule is Fc1cc(F)cc(-c2cc(-n3c4ccc(-c5cccnc5-c5ccccc5)cc4c4cc(-c5cccnc5-c5ccccc5)ccc43)c(C(F)(F)F)c(-n3c4ccc(-c5cccnc5-c5ccccc5)cc4c4cc(-c5cccnc5-c5ccccc5)ccc43)c2)c1. The maximum Gasteiger partial charge on any atom is 0.420 e. The van der Waals surface area contributed by atoms with Crippen LogP contribution in [0.25, 0.3) is 156 Å². The lowest BCUT2D eigenvalue weighted by atomic mass is 9.96. The second-order valence-electron chi connectivity index (χ2n) is 22.7. The van der Waals surface area contributed by atoms with Gasteiger partial charge in [-0.25, -0.2) is 8.78 Å². The van der Waals surface area contributed by atoms with Crippen molar-refractivity contribution in [2.75, 3.05) is 0 Å². The van der Waals surface area contributed by atoms with E-state index in [2.05, 4.69) is 0 Å².